The molecule has 1 amide bonds. The third-order valence-electron chi connectivity index (χ3n) is 4.82. The second-order valence-corrected chi connectivity index (χ2v) is 8.12. The van der Waals surface area contributed by atoms with Gasteiger partial charge in [0, 0.05) is 13.0 Å². The largest absolute Gasteiger partial charge is 0.324 e. The molecule has 0 radical (unpaired) electrons. The van der Waals surface area contributed by atoms with Gasteiger partial charge in [0.2, 0.25) is 5.91 Å². The minimum atomic E-state index is -0.130. The van der Waals surface area contributed by atoms with Crippen LogP contribution in [0, 0.1) is 0 Å². The van der Waals surface area contributed by atoms with Gasteiger partial charge in [-0.05, 0) is 35.4 Å². The number of fused-ring (bicyclic) bond motifs is 1. The van der Waals surface area contributed by atoms with Crippen molar-refractivity contribution in [3.8, 4) is 0 Å². The maximum atomic E-state index is 12.3. The zero-order chi connectivity index (χ0) is 20.9. The third kappa shape index (κ3) is 4.50. The van der Waals surface area contributed by atoms with Crippen LogP contribution in [0.25, 0.3) is 10.8 Å². The van der Waals surface area contributed by atoms with Crippen LogP contribution in [-0.2, 0) is 17.8 Å². The van der Waals surface area contributed by atoms with Gasteiger partial charge in [-0.25, -0.2) is 0 Å². The number of carbonyl (C=O) groups is 1. The second-order valence-electron chi connectivity index (χ2n) is 6.77. The number of carbonyl (C=O) groups excluding carboxylic acids is 1. The third-order valence-corrected chi connectivity index (χ3v) is 6.11. The highest BCUT2D eigenvalue weighted by Crippen LogP contribution is 2.24. The van der Waals surface area contributed by atoms with Gasteiger partial charge in [-0.1, -0.05) is 78.0 Å². The Morgan fingerprint density at radius 3 is 2.63 bits per heavy atom. The molecule has 0 spiro atoms. The molecule has 0 aliphatic rings. The Labute approximate surface area is 184 Å². The Morgan fingerprint density at radius 1 is 1.03 bits per heavy atom. The predicted molar refractivity (Wildman–Crippen MR) is 123 cm³/mol. The van der Waals surface area contributed by atoms with Crippen LogP contribution in [0.1, 0.15) is 18.3 Å². The SMILES string of the molecule is CCn1c(Cc2cccc3ccccc23)nnc1SCC(=O)Nc1ccccc1Cl. The number of hydrogen-bond acceptors (Lipinski definition) is 4. The first-order valence-electron chi connectivity index (χ1n) is 9.71. The Balaban J connectivity index is 1.47. The molecule has 0 aliphatic carbocycles. The summed E-state index contributed by atoms with van der Waals surface area (Å²) in [5, 5.41) is 15.3. The van der Waals surface area contributed by atoms with Gasteiger partial charge in [0.25, 0.3) is 0 Å². The molecule has 1 heterocycles. The van der Waals surface area contributed by atoms with Crippen LogP contribution in [0.5, 0.6) is 0 Å². The fourth-order valence-corrected chi connectivity index (χ4v) is 4.37. The van der Waals surface area contributed by atoms with Crippen molar-refractivity contribution in [2.75, 3.05) is 11.1 Å². The monoisotopic (exact) mass is 436 g/mol. The molecular formula is C23H21ClN4OS. The molecule has 0 aliphatic heterocycles. The minimum Gasteiger partial charge on any atom is -0.324 e. The zero-order valence-electron chi connectivity index (χ0n) is 16.5. The Kier molecular flexibility index (Phi) is 6.35. The summed E-state index contributed by atoms with van der Waals surface area (Å²) in [6, 6.07) is 21.8. The number of aromatic nitrogens is 3. The van der Waals surface area contributed by atoms with Crippen molar-refractivity contribution in [1.82, 2.24) is 14.8 Å². The first-order valence-corrected chi connectivity index (χ1v) is 11.1. The van der Waals surface area contributed by atoms with E-state index in [1.54, 1.807) is 12.1 Å². The quantitative estimate of drug-likeness (QED) is 0.392. The van der Waals surface area contributed by atoms with E-state index < -0.39 is 0 Å². The van der Waals surface area contributed by atoms with Gasteiger partial charge in [0.1, 0.15) is 5.82 Å². The molecule has 0 saturated carbocycles. The van der Waals surface area contributed by atoms with Crippen LogP contribution in [0.15, 0.2) is 71.9 Å². The molecule has 1 aromatic heterocycles. The number of rotatable bonds is 7. The molecule has 5 nitrogen and oxygen atoms in total. The predicted octanol–water partition coefficient (Wildman–Crippen LogP) is 5.43. The van der Waals surface area contributed by atoms with Crippen molar-refractivity contribution in [1.29, 1.82) is 0 Å². The first-order chi connectivity index (χ1) is 14.7. The molecule has 0 unspecified atom stereocenters. The Bertz CT molecular complexity index is 1190. The summed E-state index contributed by atoms with van der Waals surface area (Å²) in [6.45, 7) is 2.80. The van der Waals surface area contributed by atoms with Crippen molar-refractivity contribution in [3.05, 3.63) is 83.1 Å². The van der Waals surface area contributed by atoms with E-state index >= 15 is 0 Å². The van der Waals surface area contributed by atoms with Gasteiger partial charge in [0.15, 0.2) is 5.16 Å². The number of hydrogen-bond donors (Lipinski definition) is 1. The van der Waals surface area contributed by atoms with Gasteiger partial charge in [-0.2, -0.15) is 0 Å². The van der Waals surface area contributed by atoms with Crippen molar-refractivity contribution in [3.63, 3.8) is 0 Å². The molecule has 0 atom stereocenters. The molecule has 0 bridgehead atoms. The van der Waals surface area contributed by atoms with Gasteiger partial charge in [-0.15, -0.1) is 10.2 Å². The number of para-hydroxylation sites is 1. The Hall–Kier alpha value is -2.83. The van der Waals surface area contributed by atoms with Crippen LogP contribution in [0.2, 0.25) is 5.02 Å². The number of nitrogens with one attached hydrogen (secondary N) is 1. The first kappa shape index (κ1) is 20.4. The summed E-state index contributed by atoms with van der Waals surface area (Å²) in [5.74, 6) is 0.995. The lowest BCUT2D eigenvalue weighted by Gasteiger charge is -2.10. The van der Waals surface area contributed by atoms with Crippen LogP contribution >= 0.6 is 23.4 Å². The van der Waals surface area contributed by atoms with E-state index in [4.69, 9.17) is 11.6 Å². The van der Waals surface area contributed by atoms with E-state index in [0.717, 1.165) is 17.5 Å². The van der Waals surface area contributed by atoms with E-state index in [-0.39, 0.29) is 11.7 Å². The summed E-state index contributed by atoms with van der Waals surface area (Å²) in [6.07, 6.45) is 0.689. The van der Waals surface area contributed by atoms with E-state index in [0.29, 0.717) is 17.1 Å². The van der Waals surface area contributed by atoms with E-state index in [9.17, 15) is 4.79 Å². The summed E-state index contributed by atoms with van der Waals surface area (Å²) in [7, 11) is 0. The van der Waals surface area contributed by atoms with Crippen LogP contribution in [0.4, 0.5) is 5.69 Å². The molecule has 30 heavy (non-hydrogen) atoms. The van der Waals surface area contributed by atoms with Crippen molar-refractivity contribution in [2.24, 2.45) is 0 Å². The normalized spacial score (nSPS) is 11.0. The molecule has 152 valence electrons. The maximum absolute atomic E-state index is 12.3. The van der Waals surface area contributed by atoms with Crippen molar-refractivity contribution >= 4 is 45.7 Å². The lowest BCUT2D eigenvalue weighted by molar-refractivity contribution is -0.113. The van der Waals surface area contributed by atoms with E-state index in [2.05, 4.69) is 63.4 Å². The molecule has 1 N–H and O–H groups in total. The fraction of sp³-hybridized carbons (Fsp3) is 0.174. The average Bonchev–Trinajstić information content (AvgIpc) is 3.15. The summed E-state index contributed by atoms with van der Waals surface area (Å²) >= 11 is 7.48. The molecule has 4 aromatic rings. The van der Waals surface area contributed by atoms with Crippen LogP contribution < -0.4 is 5.32 Å². The molecule has 0 saturated heterocycles. The number of amides is 1. The second kappa shape index (κ2) is 9.32. The average molecular weight is 437 g/mol. The van der Waals surface area contributed by atoms with Gasteiger partial charge in [0.05, 0.1) is 16.5 Å². The standard InChI is InChI=1S/C23H21ClN4OS/c1-2-28-21(14-17-10-7-9-16-8-3-4-11-18(16)17)26-27-23(28)30-15-22(29)25-20-13-6-5-12-19(20)24/h3-13H,2,14-15H2,1H3,(H,25,29). The van der Waals surface area contributed by atoms with E-state index in [1.165, 1.54) is 28.1 Å². The lowest BCUT2D eigenvalue weighted by atomic mass is 10.0. The van der Waals surface area contributed by atoms with Crippen LogP contribution in [-0.4, -0.2) is 26.4 Å². The van der Waals surface area contributed by atoms with Crippen molar-refractivity contribution < 1.29 is 4.79 Å². The molecule has 3 aromatic carbocycles. The molecular weight excluding hydrogens is 416 g/mol. The van der Waals surface area contributed by atoms with E-state index in [1.807, 2.05) is 18.2 Å². The van der Waals surface area contributed by atoms with Gasteiger partial charge < -0.3 is 9.88 Å². The van der Waals surface area contributed by atoms with Crippen LogP contribution in [0.3, 0.4) is 0 Å². The number of thioether (sulfide) groups is 1. The summed E-state index contributed by atoms with van der Waals surface area (Å²) in [5.41, 5.74) is 1.82. The molecule has 4 rings (SSSR count). The fourth-order valence-electron chi connectivity index (χ4n) is 3.37. The number of nitrogens with zero attached hydrogens (tertiary/aromatic N) is 3. The summed E-state index contributed by atoms with van der Waals surface area (Å²) in [4.78, 5) is 12.3. The topological polar surface area (TPSA) is 59.8 Å². The Morgan fingerprint density at radius 2 is 1.80 bits per heavy atom. The maximum Gasteiger partial charge on any atom is 0.234 e. The lowest BCUT2D eigenvalue weighted by Crippen LogP contribution is -2.15. The minimum absolute atomic E-state index is 0.130. The highest BCUT2D eigenvalue weighted by molar-refractivity contribution is 7.99. The highest BCUT2D eigenvalue weighted by atomic mass is 35.5. The van der Waals surface area contributed by atoms with Crippen molar-refractivity contribution in [2.45, 2.75) is 25.0 Å². The molecule has 0 fully saturated rings. The zero-order valence-corrected chi connectivity index (χ0v) is 18.1. The van der Waals surface area contributed by atoms with Gasteiger partial charge in [-0.3, -0.25) is 4.79 Å². The molecule has 7 heteroatoms. The number of anilines is 1. The smallest absolute Gasteiger partial charge is 0.234 e. The number of benzene rings is 3. The number of halogens is 1. The summed E-state index contributed by atoms with van der Waals surface area (Å²) < 4.78 is 2.06. The highest BCUT2D eigenvalue weighted by Gasteiger charge is 2.15. The van der Waals surface area contributed by atoms with Gasteiger partial charge >= 0.3 is 0 Å².